The number of pyridine rings is 8. The SMILES string of the molecule is Cc1c[n+](C)c(-c2c(C)cc(C)c3c2oc2ncccc23)cc1-c1ccccc1.Cc1c[n+](C)c(-c2c(C)ccc3c2oc2ncccc23)cc1-c1ccccc1.Cc1cc(C)c2c(oc3ncccc32)c1-c1cc(-c2ccccc2)cc[n+]1C.[2H]C([2H])([2H])c1c[n+](C)c(-c2c(C)ccc3c2oc2ncccc23)cc1-c1ccccc1. The van der Waals surface area contributed by atoms with Crippen molar-refractivity contribution in [2.24, 2.45) is 28.2 Å². The molecule has 0 radical (unpaired) electrons. The van der Waals surface area contributed by atoms with Gasteiger partial charge in [0.15, 0.2) is 47.1 Å². The first-order valence-corrected chi connectivity index (χ1v) is 38.0. The highest BCUT2D eigenvalue weighted by Crippen LogP contribution is 2.44. The third-order valence-electron chi connectivity index (χ3n) is 21.8. The van der Waals surface area contributed by atoms with E-state index < -0.39 is 6.85 Å². The molecular formula is C101H86N8O4+4. The zero-order valence-electron chi connectivity index (χ0n) is 68.3. The molecule has 20 aromatic rings. The minimum Gasteiger partial charge on any atom is -0.437 e. The fourth-order valence-corrected chi connectivity index (χ4v) is 16.4. The summed E-state index contributed by atoms with van der Waals surface area (Å²) in [6, 6.07) is 81.0. The van der Waals surface area contributed by atoms with Crippen LogP contribution in [0.3, 0.4) is 0 Å². The Balaban J connectivity index is 0.000000111. The van der Waals surface area contributed by atoms with Crippen molar-refractivity contribution in [3.63, 3.8) is 0 Å². The molecule has 0 aliphatic rings. The first kappa shape index (κ1) is 68.4. The van der Waals surface area contributed by atoms with Gasteiger partial charge >= 0.3 is 0 Å². The number of hydrogen-bond donors (Lipinski definition) is 0. The second-order valence-corrected chi connectivity index (χ2v) is 29.5. The molecule has 0 amide bonds. The van der Waals surface area contributed by atoms with E-state index >= 15 is 0 Å². The van der Waals surface area contributed by atoms with Crippen LogP contribution in [0.25, 0.3) is 178 Å². The Kier molecular flexibility index (Phi) is 18.1. The summed E-state index contributed by atoms with van der Waals surface area (Å²) >= 11 is 0. The molecule has 0 unspecified atom stereocenters. The van der Waals surface area contributed by atoms with Gasteiger partial charge in [-0.2, -0.15) is 0 Å². The van der Waals surface area contributed by atoms with Gasteiger partial charge in [0.2, 0.25) is 45.6 Å². The number of fused-ring (bicyclic) bond motifs is 12. The summed E-state index contributed by atoms with van der Waals surface area (Å²) in [6.07, 6.45) is 15.3. The molecule has 0 saturated heterocycles. The fraction of sp³-hybridized carbons (Fsp3) is 0.129. The van der Waals surface area contributed by atoms with Crippen LogP contribution in [0.1, 0.15) is 54.2 Å². The number of rotatable bonds is 8. The maximum atomic E-state index is 8.07. The smallest absolute Gasteiger partial charge is 0.227 e. The lowest BCUT2D eigenvalue weighted by molar-refractivity contribution is -0.660. The van der Waals surface area contributed by atoms with Crippen LogP contribution >= 0.6 is 0 Å². The predicted octanol–water partition coefficient (Wildman–Crippen LogP) is 23.3. The highest BCUT2D eigenvalue weighted by Gasteiger charge is 2.29. The van der Waals surface area contributed by atoms with Gasteiger partial charge < -0.3 is 17.7 Å². The Morgan fingerprint density at radius 3 is 0.973 bits per heavy atom. The van der Waals surface area contributed by atoms with E-state index in [1.807, 2.05) is 91.3 Å². The van der Waals surface area contributed by atoms with E-state index in [0.29, 0.717) is 34.0 Å². The predicted molar refractivity (Wildman–Crippen MR) is 457 cm³/mol. The number of aromatic nitrogens is 8. The van der Waals surface area contributed by atoms with Crippen molar-refractivity contribution in [3.05, 3.63) is 336 Å². The Morgan fingerprint density at radius 2 is 0.584 bits per heavy atom. The van der Waals surface area contributed by atoms with Crippen molar-refractivity contribution >= 4 is 88.3 Å². The van der Waals surface area contributed by atoms with Crippen LogP contribution in [0.4, 0.5) is 0 Å². The third-order valence-corrected chi connectivity index (χ3v) is 21.8. The van der Waals surface area contributed by atoms with E-state index in [9.17, 15) is 0 Å². The van der Waals surface area contributed by atoms with Crippen molar-refractivity contribution in [3.8, 4) is 89.5 Å². The van der Waals surface area contributed by atoms with Crippen molar-refractivity contribution in [1.29, 1.82) is 0 Å². The lowest BCUT2D eigenvalue weighted by atomic mass is 9.94. The number of hydrogen-bond acceptors (Lipinski definition) is 8. The molecule has 12 aromatic heterocycles. The summed E-state index contributed by atoms with van der Waals surface area (Å²) in [5.74, 6) is 0. The summed E-state index contributed by atoms with van der Waals surface area (Å²) in [5.41, 5.74) is 33.5. The van der Waals surface area contributed by atoms with Gasteiger partial charge in [0.1, 0.15) is 28.2 Å². The molecule has 0 saturated carbocycles. The van der Waals surface area contributed by atoms with Gasteiger partial charge in [-0.3, -0.25) is 0 Å². The Morgan fingerprint density at radius 1 is 0.257 bits per heavy atom. The largest absolute Gasteiger partial charge is 0.437 e. The van der Waals surface area contributed by atoms with Gasteiger partial charge in [0, 0.05) is 119 Å². The number of aryl methyl sites for hydroxylation is 13. The molecule has 0 aliphatic carbocycles. The Hall–Kier alpha value is -13.8. The average molecular weight is 1480 g/mol. The highest BCUT2D eigenvalue weighted by atomic mass is 16.4. The fourth-order valence-electron chi connectivity index (χ4n) is 16.4. The molecule has 113 heavy (non-hydrogen) atoms. The summed E-state index contributed by atoms with van der Waals surface area (Å²) in [5, 5.41) is 8.54. The van der Waals surface area contributed by atoms with Gasteiger partial charge in [-0.05, 0) is 189 Å². The number of benzene rings is 8. The van der Waals surface area contributed by atoms with E-state index in [2.05, 4.69) is 286 Å². The van der Waals surface area contributed by atoms with Crippen LogP contribution < -0.4 is 18.3 Å². The maximum absolute atomic E-state index is 8.07. The van der Waals surface area contributed by atoms with E-state index in [-0.39, 0.29) is 0 Å². The standard InChI is InChI=1S/C26H23N2O.3C25H21N2O/c1-16-13-17(2)24(25-23(16)20-11-8-12-27-26(20)29-25)22-14-21(18(3)15-28(22)4)19-9-6-5-7-10-19;2*1-16-11-12-19-20-10-7-13-26-25(20)28-24(19)23(16)22-14-21(17(2)15-27(22)3)18-8-5-4-6-9-18;1-16-14-17(2)23(24-22(16)20-10-7-12-26-25(20)28-24)21-15-19(11-13-27(21)3)18-8-5-4-6-9-18/h5-15H,1-4H3;3*4-15H,1-3H3/q4*+1/i;2D3;;. The van der Waals surface area contributed by atoms with E-state index in [1.165, 1.54) is 72.3 Å². The van der Waals surface area contributed by atoms with Crippen molar-refractivity contribution in [1.82, 2.24) is 19.9 Å². The first-order chi connectivity index (χ1) is 56.1. The van der Waals surface area contributed by atoms with Crippen LogP contribution in [0.2, 0.25) is 0 Å². The molecule has 20 rings (SSSR count). The van der Waals surface area contributed by atoms with Crippen LogP contribution in [-0.2, 0) is 28.2 Å². The van der Waals surface area contributed by atoms with Crippen molar-refractivity contribution < 1.29 is 40.0 Å². The maximum Gasteiger partial charge on any atom is 0.227 e. The molecule has 0 atom stereocenters. The second kappa shape index (κ2) is 29.9. The second-order valence-electron chi connectivity index (χ2n) is 29.5. The zero-order chi connectivity index (χ0) is 80.4. The first-order valence-electron chi connectivity index (χ1n) is 39.5. The van der Waals surface area contributed by atoms with E-state index in [1.54, 1.807) is 31.0 Å². The van der Waals surface area contributed by atoms with Crippen molar-refractivity contribution in [2.75, 3.05) is 0 Å². The summed E-state index contributed by atoms with van der Waals surface area (Å²) in [7, 11) is 8.15. The summed E-state index contributed by atoms with van der Waals surface area (Å²) in [4.78, 5) is 17.7. The Bertz CT molecular complexity index is 7210. The van der Waals surface area contributed by atoms with Gasteiger partial charge in [0.25, 0.3) is 0 Å². The van der Waals surface area contributed by atoms with Crippen LogP contribution in [-0.4, -0.2) is 19.9 Å². The van der Waals surface area contributed by atoms with Crippen LogP contribution in [0.5, 0.6) is 0 Å². The molecule has 0 fully saturated rings. The summed E-state index contributed by atoms with van der Waals surface area (Å²) in [6.45, 7) is 14.9. The van der Waals surface area contributed by atoms with Crippen LogP contribution in [0.15, 0.2) is 304 Å². The number of furan rings is 4. The monoisotopic (exact) mass is 1480 g/mol. The molecular weight excluding hydrogens is 1390 g/mol. The molecule has 12 heteroatoms. The van der Waals surface area contributed by atoms with E-state index in [4.69, 9.17) is 21.8 Å². The van der Waals surface area contributed by atoms with Gasteiger partial charge in [-0.1, -0.05) is 158 Å². The van der Waals surface area contributed by atoms with Crippen molar-refractivity contribution in [2.45, 2.75) is 62.2 Å². The molecule has 12 heterocycles. The summed E-state index contributed by atoms with van der Waals surface area (Å²) < 4.78 is 57.6. The minimum absolute atomic E-state index is 0.320. The quantitative estimate of drug-likeness (QED) is 0.138. The zero-order valence-corrected chi connectivity index (χ0v) is 65.3. The Labute approximate surface area is 660 Å². The topological polar surface area (TPSA) is 120 Å². The van der Waals surface area contributed by atoms with Crippen LogP contribution in [0, 0.1) is 62.2 Å². The van der Waals surface area contributed by atoms with Gasteiger partial charge in [-0.15, -0.1) is 0 Å². The highest BCUT2D eigenvalue weighted by molar-refractivity contribution is 6.13. The van der Waals surface area contributed by atoms with E-state index in [0.717, 1.165) is 122 Å². The lowest BCUT2D eigenvalue weighted by Gasteiger charge is -2.11. The molecule has 12 nitrogen and oxygen atoms in total. The third kappa shape index (κ3) is 13.3. The lowest BCUT2D eigenvalue weighted by Crippen LogP contribution is -2.31. The molecule has 550 valence electrons. The van der Waals surface area contributed by atoms with Gasteiger partial charge in [-0.25, -0.2) is 38.2 Å². The molecule has 8 aromatic carbocycles. The van der Waals surface area contributed by atoms with Gasteiger partial charge in [0.05, 0.1) is 22.3 Å². The number of nitrogens with zero attached hydrogens (tertiary/aromatic N) is 8. The molecule has 0 aliphatic heterocycles. The average Bonchev–Trinajstić information content (AvgIpc) is 1.62. The molecule has 0 N–H and O–H groups in total. The molecule has 0 bridgehead atoms. The molecule has 0 spiro atoms. The minimum atomic E-state index is -2.23. The normalized spacial score (nSPS) is 11.9.